The second kappa shape index (κ2) is 9.45. The van der Waals surface area contributed by atoms with Crippen LogP contribution in [0.3, 0.4) is 0 Å². The monoisotopic (exact) mass is 429 g/mol. The molecule has 32 heavy (non-hydrogen) atoms. The van der Waals surface area contributed by atoms with Crippen molar-refractivity contribution in [2.75, 3.05) is 13.6 Å². The first-order valence-electron chi connectivity index (χ1n) is 10.9. The quantitative estimate of drug-likeness (QED) is 0.536. The van der Waals surface area contributed by atoms with Crippen molar-refractivity contribution in [3.8, 4) is 0 Å². The summed E-state index contributed by atoms with van der Waals surface area (Å²) in [6.07, 6.45) is 0.601. The molecule has 0 unspecified atom stereocenters. The predicted octanol–water partition coefficient (Wildman–Crippen LogP) is 5.25. The number of halogens is 1. The fourth-order valence-electron chi connectivity index (χ4n) is 4.17. The van der Waals surface area contributed by atoms with E-state index in [2.05, 4.69) is 44.2 Å². The number of hydrazone groups is 1. The minimum absolute atomic E-state index is 0.0496. The van der Waals surface area contributed by atoms with E-state index in [9.17, 15) is 9.18 Å². The molecule has 0 bridgehead atoms. The Morgan fingerprint density at radius 3 is 2.50 bits per heavy atom. The SMILES string of the molecule is Cc1ccc(C)c([C@H]2CC(c3ccc(F)cc3)=NN2C(=O)CN(C)Cc2ccccc2)c1. The number of rotatable bonds is 6. The first-order valence-corrected chi connectivity index (χ1v) is 10.9. The maximum Gasteiger partial charge on any atom is 0.257 e. The van der Waals surface area contributed by atoms with Crippen LogP contribution in [0.1, 0.15) is 40.3 Å². The van der Waals surface area contributed by atoms with E-state index >= 15 is 0 Å². The highest BCUT2D eigenvalue weighted by atomic mass is 19.1. The zero-order valence-corrected chi connectivity index (χ0v) is 18.8. The van der Waals surface area contributed by atoms with Crippen LogP contribution in [0.5, 0.6) is 0 Å². The number of hydrogen-bond acceptors (Lipinski definition) is 3. The highest BCUT2D eigenvalue weighted by Crippen LogP contribution is 2.35. The molecule has 0 aliphatic carbocycles. The van der Waals surface area contributed by atoms with Crippen LogP contribution < -0.4 is 0 Å². The summed E-state index contributed by atoms with van der Waals surface area (Å²) in [4.78, 5) is 15.4. The second-order valence-corrected chi connectivity index (χ2v) is 8.53. The predicted molar refractivity (Wildman–Crippen MR) is 126 cm³/mol. The van der Waals surface area contributed by atoms with E-state index < -0.39 is 0 Å². The Kier molecular flexibility index (Phi) is 6.47. The van der Waals surface area contributed by atoms with Gasteiger partial charge in [-0.2, -0.15) is 5.10 Å². The normalized spacial score (nSPS) is 15.8. The van der Waals surface area contributed by atoms with E-state index in [1.807, 2.05) is 30.1 Å². The molecule has 4 nitrogen and oxygen atoms in total. The summed E-state index contributed by atoms with van der Waals surface area (Å²) < 4.78 is 13.4. The smallest absolute Gasteiger partial charge is 0.257 e. The van der Waals surface area contributed by atoms with Gasteiger partial charge in [0, 0.05) is 13.0 Å². The van der Waals surface area contributed by atoms with Crippen molar-refractivity contribution >= 4 is 11.6 Å². The van der Waals surface area contributed by atoms with Crippen LogP contribution in [0.2, 0.25) is 0 Å². The molecule has 1 amide bonds. The summed E-state index contributed by atoms with van der Waals surface area (Å²) in [6.45, 7) is 5.06. The molecular weight excluding hydrogens is 401 g/mol. The number of hydrogen-bond donors (Lipinski definition) is 0. The van der Waals surface area contributed by atoms with Crippen molar-refractivity contribution < 1.29 is 9.18 Å². The van der Waals surface area contributed by atoms with Gasteiger partial charge in [-0.25, -0.2) is 9.40 Å². The van der Waals surface area contributed by atoms with Crippen LogP contribution in [0.15, 0.2) is 77.9 Å². The lowest BCUT2D eigenvalue weighted by molar-refractivity contribution is -0.134. The number of carbonyl (C=O) groups is 1. The van der Waals surface area contributed by atoms with E-state index in [4.69, 9.17) is 5.10 Å². The summed E-state index contributed by atoms with van der Waals surface area (Å²) in [5.41, 5.74) is 6.18. The molecule has 3 aromatic carbocycles. The van der Waals surface area contributed by atoms with Crippen molar-refractivity contribution in [3.05, 3.63) is 106 Å². The summed E-state index contributed by atoms with van der Waals surface area (Å²) in [5.74, 6) is -0.333. The standard InChI is InChI=1S/C27H28FN3O/c1-19-9-10-20(2)24(15-19)26-16-25(22-11-13-23(28)14-12-22)29-31(26)27(32)18-30(3)17-21-7-5-4-6-8-21/h4-15,26H,16-18H2,1-3H3/t26-/m1/s1. The Bertz CT molecular complexity index is 1130. The molecule has 0 N–H and O–H groups in total. The van der Waals surface area contributed by atoms with Crippen molar-refractivity contribution in [1.29, 1.82) is 0 Å². The van der Waals surface area contributed by atoms with Gasteiger partial charge in [-0.05, 0) is 55.3 Å². The molecule has 4 rings (SSSR count). The molecule has 1 aliphatic heterocycles. The topological polar surface area (TPSA) is 35.9 Å². The minimum atomic E-state index is -0.283. The maximum absolute atomic E-state index is 13.4. The minimum Gasteiger partial charge on any atom is -0.293 e. The molecule has 0 saturated carbocycles. The molecule has 1 heterocycles. The molecule has 1 atom stereocenters. The number of benzene rings is 3. The lowest BCUT2D eigenvalue weighted by Gasteiger charge is -2.26. The van der Waals surface area contributed by atoms with Gasteiger partial charge in [-0.15, -0.1) is 0 Å². The van der Waals surface area contributed by atoms with Gasteiger partial charge < -0.3 is 0 Å². The lowest BCUT2D eigenvalue weighted by Crippen LogP contribution is -2.36. The van der Waals surface area contributed by atoms with E-state index in [0.717, 1.165) is 33.5 Å². The largest absolute Gasteiger partial charge is 0.293 e. The molecule has 0 radical (unpaired) electrons. The Hall–Kier alpha value is -3.31. The van der Waals surface area contributed by atoms with Gasteiger partial charge >= 0.3 is 0 Å². The Morgan fingerprint density at radius 2 is 1.78 bits per heavy atom. The van der Waals surface area contributed by atoms with Gasteiger partial charge in [-0.1, -0.05) is 66.2 Å². The fourth-order valence-corrected chi connectivity index (χ4v) is 4.17. The number of likely N-dealkylation sites (N-methyl/N-ethyl adjacent to an activating group) is 1. The number of nitrogens with zero attached hydrogens (tertiary/aromatic N) is 3. The maximum atomic E-state index is 13.4. The fraction of sp³-hybridized carbons (Fsp3) is 0.259. The number of carbonyl (C=O) groups excluding carboxylic acids is 1. The number of amides is 1. The third-order valence-electron chi connectivity index (χ3n) is 5.84. The van der Waals surface area contributed by atoms with Crippen molar-refractivity contribution in [3.63, 3.8) is 0 Å². The summed E-state index contributed by atoms with van der Waals surface area (Å²) in [6, 6.07) is 22.5. The summed E-state index contributed by atoms with van der Waals surface area (Å²) in [5, 5.41) is 6.35. The van der Waals surface area contributed by atoms with E-state index in [1.54, 1.807) is 17.1 Å². The van der Waals surface area contributed by atoms with Gasteiger partial charge in [0.1, 0.15) is 5.82 Å². The molecule has 164 valence electrons. The zero-order chi connectivity index (χ0) is 22.7. The van der Waals surface area contributed by atoms with Crippen LogP contribution in [0.25, 0.3) is 0 Å². The van der Waals surface area contributed by atoms with Gasteiger partial charge in [0.15, 0.2) is 0 Å². The average Bonchev–Trinajstić information content (AvgIpc) is 3.22. The van der Waals surface area contributed by atoms with Crippen molar-refractivity contribution in [1.82, 2.24) is 9.91 Å². The highest BCUT2D eigenvalue weighted by molar-refractivity contribution is 6.03. The average molecular weight is 430 g/mol. The third kappa shape index (κ3) is 4.94. The summed E-state index contributed by atoms with van der Waals surface area (Å²) in [7, 11) is 1.94. The first kappa shape index (κ1) is 21.9. The van der Waals surface area contributed by atoms with E-state index in [0.29, 0.717) is 13.0 Å². The van der Waals surface area contributed by atoms with Crippen LogP contribution in [0, 0.1) is 19.7 Å². The Labute approximate surface area is 189 Å². The van der Waals surface area contributed by atoms with E-state index in [-0.39, 0.29) is 24.3 Å². The molecule has 0 aromatic heterocycles. The molecule has 5 heteroatoms. The third-order valence-corrected chi connectivity index (χ3v) is 5.84. The Morgan fingerprint density at radius 1 is 1.06 bits per heavy atom. The molecule has 0 spiro atoms. The van der Waals surface area contributed by atoms with Gasteiger partial charge in [-0.3, -0.25) is 9.69 Å². The second-order valence-electron chi connectivity index (χ2n) is 8.53. The summed E-state index contributed by atoms with van der Waals surface area (Å²) >= 11 is 0. The molecule has 3 aromatic rings. The molecule has 0 fully saturated rings. The lowest BCUT2D eigenvalue weighted by atomic mass is 9.94. The van der Waals surface area contributed by atoms with Crippen molar-refractivity contribution in [2.45, 2.75) is 32.9 Å². The van der Waals surface area contributed by atoms with Crippen LogP contribution in [-0.4, -0.2) is 35.1 Å². The van der Waals surface area contributed by atoms with Gasteiger partial charge in [0.25, 0.3) is 5.91 Å². The van der Waals surface area contributed by atoms with Crippen molar-refractivity contribution in [2.24, 2.45) is 5.10 Å². The van der Waals surface area contributed by atoms with Crippen LogP contribution in [0.4, 0.5) is 4.39 Å². The van der Waals surface area contributed by atoms with Crippen LogP contribution >= 0.6 is 0 Å². The molecular formula is C27H28FN3O. The zero-order valence-electron chi connectivity index (χ0n) is 18.8. The van der Waals surface area contributed by atoms with Gasteiger partial charge in [0.05, 0.1) is 18.3 Å². The van der Waals surface area contributed by atoms with E-state index in [1.165, 1.54) is 12.1 Å². The van der Waals surface area contributed by atoms with Gasteiger partial charge in [0.2, 0.25) is 0 Å². The highest BCUT2D eigenvalue weighted by Gasteiger charge is 2.34. The Balaban J connectivity index is 1.60. The molecule has 0 saturated heterocycles. The van der Waals surface area contributed by atoms with Crippen LogP contribution in [-0.2, 0) is 11.3 Å². The first-order chi connectivity index (χ1) is 15.4. The molecule has 1 aliphatic rings. The number of aryl methyl sites for hydroxylation is 2.